The lowest BCUT2D eigenvalue weighted by atomic mass is 10.4. The average molecular weight is 330 g/mol. The summed E-state index contributed by atoms with van der Waals surface area (Å²) in [5, 5.41) is -0.516. The molecule has 0 radical (unpaired) electrons. The lowest BCUT2D eigenvalue weighted by Crippen LogP contribution is -2.31. The normalized spacial score (nSPS) is 20.8. The van der Waals surface area contributed by atoms with Crippen LogP contribution in [0, 0.1) is 11.8 Å². The largest absolute Gasteiger partial charge is 0.481 e. The van der Waals surface area contributed by atoms with Crippen LogP contribution in [0.15, 0.2) is 35.6 Å². The SMILES string of the molecule is C=C/C(=C\C=C(/N)S(=O)(=O)N1CC(S)CO1)OCC#CC. The highest BCUT2D eigenvalue weighted by Crippen LogP contribution is 2.18. The fourth-order valence-corrected chi connectivity index (χ4v) is 2.73. The maximum atomic E-state index is 12.1. The van der Waals surface area contributed by atoms with Crippen molar-refractivity contribution in [2.24, 2.45) is 5.73 Å². The van der Waals surface area contributed by atoms with Crippen LogP contribution in [-0.4, -0.2) is 37.9 Å². The van der Waals surface area contributed by atoms with Crippen LogP contribution >= 0.6 is 12.6 Å². The second kappa shape index (κ2) is 8.14. The first-order valence-corrected chi connectivity index (χ1v) is 8.03. The molecule has 0 aromatic rings. The Kier molecular flexibility index (Phi) is 6.84. The molecule has 0 bridgehead atoms. The molecule has 0 aromatic heterocycles. The molecule has 0 spiro atoms. The average Bonchev–Trinajstić information content (AvgIpc) is 2.89. The van der Waals surface area contributed by atoms with Crippen molar-refractivity contribution in [1.29, 1.82) is 0 Å². The Balaban J connectivity index is 2.81. The summed E-state index contributed by atoms with van der Waals surface area (Å²) in [6.07, 6.45) is 4.07. The van der Waals surface area contributed by atoms with Gasteiger partial charge in [-0.1, -0.05) is 17.0 Å². The van der Waals surface area contributed by atoms with Gasteiger partial charge >= 0.3 is 0 Å². The summed E-state index contributed by atoms with van der Waals surface area (Å²) in [5.41, 5.74) is 5.60. The minimum Gasteiger partial charge on any atom is -0.481 e. The zero-order valence-corrected chi connectivity index (χ0v) is 13.4. The van der Waals surface area contributed by atoms with Gasteiger partial charge in [0.25, 0.3) is 10.0 Å². The van der Waals surface area contributed by atoms with Gasteiger partial charge < -0.3 is 10.5 Å². The van der Waals surface area contributed by atoms with E-state index in [-0.39, 0.29) is 30.0 Å². The Morgan fingerprint density at radius 1 is 1.62 bits per heavy atom. The smallest absolute Gasteiger partial charge is 0.279 e. The lowest BCUT2D eigenvalue weighted by molar-refractivity contribution is -0.0274. The van der Waals surface area contributed by atoms with Gasteiger partial charge in [0.15, 0.2) is 0 Å². The molecular formula is C13H18N2O4S2. The summed E-state index contributed by atoms with van der Waals surface area (Å²) in [7, 11) is -3.86. The fourth-order valence-electron chi connectivity index (χ4n) is 1.35. The second-order valence-electron chi connectivity index (χ2n) is 4.00. The zero-order chi connectivity index (χ0) is 15.9. The first-order chi connectivity index (χ1) is 9.91. The van der Waals surface area contributed by atoms with Crippen molar-refractivity contribution in [1.82, 2.24) is 4.47 Å². The minimum absolute atomic E-state index is 0.153. The van der Waals surface area contributed by atoms with Crippen LogP contribution in [-0.2, 0) is 19.6 Å². The van der Waals surface area contributed by atoms with Gasteiger partial charge in [0.1, 0.15) is 17.4 Å². The number of ether oxygens (including phenoxy) is 1. The summed E-state index contributed by atoms with van der Waals surface area (Å²) in [4.78, 5) is 5.02. The van der Waals surface area contributed by atoms with Gasteiger partial charge in [-0.05, 0) is 25.2 Å². The third kappa shape index (κ3) is 5.13. The fraction of sp³-hybridized carbons (Fsp3) is 0.385. The number of rotatable bonds is 6. The Labute approximate surface area is 130 Å². The highest BCUT2D eigenvalue weighted by atomic mass is 32.2. The van der Waals surface area contributed by atoms with Gasteiger partial charge in [-0.15, -0.1) is 5.92 Å². The van der Waals surface area contributed by atoms with E-state index in [9.17, 15) is 8.42 Å². The highest BCUT2D eigenvalue weighted by Gasteiger charge is 2.32. The summed E-state index contributed by atoms with van der Waals surface area (Å²) in [6.45, 7) is 5.82. The molecule has 1 fully saturated rings. The molecule has 1 saturated heterocycles. The molecule has 2 N–H and O–H groups in total. The second-order valence-corrected chi connectivity index (χ2v) is 6.56. The molecule has 1 heterocycles. The van der Waals surface area contributed by atoms with E-state index >= 15 is 0 Å². The molecule has 1 aliphatic heterocycles. The van der Waals surface area contributed by atoms with Crippen LogP contribution in [0.2, 0.25) is 0 Å². The molecule has 0 amide bonds. The zero-order valence-electron chi connectivity index (χ0n) is 11.7. The van der Waals surface area contributed by atoms with Crippen molar-refractivity contribution in [3.05, 3.63) is 35.6 Å². The Morgan fingerprint density at radius 3 is 2.86 bits per heavy atom. The van der Waals surface area contributed by atoms with Gasteiger partial charge in [-0.25, -0.2) is 8.42 Å². The molecule has 116 valence electrons. The number of hydroxylamine groups is 1. The number of hydrogen-bond donors (Lipinski definition) is 2. The Hall–Kier alpha value is -1.40. The van der Waals surface area contributed by atoms with Gasteiger partial charge in [0.05, 0.1) is 13.2 Å². The van der Waals surface area contributed by atoms with Crippen molar-refractivity contribution in [3.8, 4) is 11.8 Å². The quantitative estimate of drug-likeness (QED) is 0.325. The van der Waals surface area contributed by atoms with Crippen molar-refractivity contribution in [2.75, 3.05) is 19.8 Å². The van der Waals surface area contributed by atoms with E-state index in [0.717, 1.165) is 4.47 Å². The number of sulfonamides is 1. The molecule has 1 rings (SSSR count). The number of allylic oxidation sites excluding steroid dienone is 3. The summed E-state index contributed by atoms with van der Waals surface area (Å²) in [5.74, 6) is 5.75. The van der Waals surface area contributed by atoms with E-state index in [1.807, 2.05) is 0 Å². The molecule has 0 aromatic carbocycles. The number of nitrogens with two attached hydrogens (primary N) is 1. The molecule has 1 aliphatic rings. The van der Waals surface area contributed by atoms with Crippen LogP contribution in [0.1, 0.15) is 6.92 Å². The summed E-state index contributed by atoms with van der Waals surface area (Å²) in [6, 6.07) is 0. The summed E-state index contributed by atoms with van der Waals surface area (Å²) >= 11 is 4.15. The standard InChI is InChI=1S/C13H18N2O4S2/c1-3-5-8-18-11(4-2)6-7-13(14)21(16,17)15-9-12(20)10-19-15/h4,6-7,12,20H,2,8-10,14H2,1H3/b11-6+,13-7+. The minimum atomic E-state index is -3.86. The van der Waals surface area contributed by atoms with E-state index < -0.39 is 10.0 Å². The van der Waals surface area contributed by atoms with E-state index in [1.165, 1.54) is 18.2 Å². The van der Waals surface area contributed by atoms with Gasteiger partial charge in [0, 0.05) is 5.25 Å². The van der Waals surface area contributed by atoms with Gasteiger partial charge in [-0.2, -0.15) is 12.6 Å². The third-order valence-corrected chi connectivity index (χ3v) is 4.27. The molecule has 8 heteroatoms. The van der Waals surface area contributed by atoms with Crippen LogP contribution in [0.5, 0.6) is 0 Å². The molecule has 21 heavy (non-hydrogen) atoms. The molecule has 1 atom stereocenters. The monoisotopic (exact) mass is 330 g/mol. The van der Waals surface area contributed by atoms with E-state index in [0.29, 0.717) is 5.76 Å². The first-order valence-electron chi connectivity index (χ1n) is 6.07. The highest BCUT2D eigenvalue weighted by molar-refractivity contribution is 7.92. The number of nitrogens with zero attached hydrogens (tertiary/aromatic N) is 1. The number of thiol groups is 1. The first kappa shape index (κ1) is 17.7. The molecule has 0 saturated carbocycles. The molecule has 1 unspecified atom stereocenters. The van der Waals surface area contributed by atoms with Crippen LogP contribution in [0.3, 0.4) is 0 Å². The van der Waals surface area contributed by atoms with Crippen molar-refractivity contribution >= 4 is 22.7 Å². The van der Waals surface area contributed by atoms with Crippen molar-refractivity contribution < 1.29 is 18.0 Å². The Morgan fingerprint density at radius 2 is 2.33 bits per heavy atom. The van der Waals surface area contributed by atoms with Crippen LogP contribution in [0.25, 0.3) is 0 Å². The van der Waals surface area contributed by atoms with Gasteiger partial charge in [0.2, 0.25) is 0 Å². The lowest BCUT2D eigenvalue weighted by Gasteiger charge is -2.13. The maximum Gasteiger partial charge on any atom is 0.279 e. The van der Waals surface area contributed by atoms with Gasteiger partial charge in [-0.3, -0.25) is 4.84 Å². The number of hydrogen-bond acceptors (Lipinski definition) is 6. The van der Waals surface area contributed by atoms with E-state index in [1.54, 1.807) is 6.92 Å². The third-order valence-electron chi connectivity index (χ3n) is 2.44. The predicted molar refractivity (Wildman–Crippen MR) is 84.3 cm³/mol. The molecule has 6 nitrogen and oxygen atoms in total. The van der Waals surface area contributed by atoms with Crippen molar-refractivity contribution in [3.63, 3.8) is 0 Å². The molecular weight excluding hydrogens is 312 g/mol. The maximum absolute atomic E-state index is 12.1. The Bertz CT molecular complexity index is 599. The van der Waals surface area contributed by atoms with E-state index in [4.69, 9.17) is 15.3 Å². The topological polar surface area (TPSA) is 81.9 Å². The predicted octanol–water partition coefficient (Wildman–Crippen LogP) is 0.772. The van der Waals surface area contributed by atoms with Crippen LogP contribution < -0.4 is 5.73 Å². The van der Waals surface area contributed by atoms with E-state index in [2.05, 4.69) is 31.0 Å². The summed E-state index contributed by atoms with van der Waals surface area (Å²) < 4.78 is 30.3. The van der Waals surface area contributed by atoms with Crippen LogP contribution in [0.4, 0.5) is 0 Å². The molecule has 0 aliphatic carbocycles. The van der Waals surface area contributed by atoms with Crippen molar-refractivity contribution in [2.45, 2.75) is 12.2 Å².